The predicted octanol–water partition coefficient (Wildman–Crippen LogP) is 2.96. The molecular weight excluding hydrogens is 214 g/mol. The molecule has 0 aliphatic rings. The largest absolute Gasteiger partial charge is 0.477 e. The molecule has 2 aromatic rings. The van der Waals surface area contributed by atoms with Crippen LogP contribution in [0, 0.1) is 0 Å². The second-order valence-corrected chi connectivity index (χ2v) is 3.51. The number of nitrogens with zero attached hydrogens (tertiary/aromatic N) is 1. The Balaban J connectivity index is 2.43. The highest BCUT2D eigenvalue weighted by Gasteiger charge is 2.07. The zero-order chi connectivity index (χ0) is 12.1. The van der Waals surface area contributed by atoms with Gasteiger partial charge in [0, 0.05) is 5.56 Å². The molecule has 0 fully saturated rings. The zero-order valence-corrected chi connectivity index (χ0v) is 9.59. The molecule has 3 nitrogen and oxygen atoms in total. The molecule has 1 heterocycles. The van der Waals surface area contributed by atoms with Crippen molar-refractivity contribution in [2.45, 2.75) is 6.92 Å². The molecule has 0 saturated carbocycles. The lowest BCUT2D eigenvalue weighted by Crippen LogP contribution is -1.99. The fraction of sp³-hybridized carbons (Fsp3) is 0.143. The number of carbonyl (C=O) groups is 1. The Morgan fingerprint density at radius 3 is 2.59 bits per heavy atom. The van der Waals surface area contributed by atoms with E-state index >= 15 is 0 Å². The first kappa shape index (κ1) is 11.3. The molecule has 0 amide bonds. The van der Waals surface area contributed by atoms with E-state index in [1.807, 2.05) is 43.3 Å². The van der Waals surface area contributed by atoms with Gasteiger partial charge < -0.3 is 4.74 Å². The highest BCUT2D eigenvalue weighted by molar-refractivity contribution is 5.79. The first-order valence-electron chi connectivity index (χ1n) is 5.49. The normalized spacial score (nSPS) is 9.94. The van der Waals surface area contributed by atoms with Crippen LogP contribution >= 0.6 is 0 Å². The third kappa shape index (κ3) is 2.50. The minimum atomic E-state index is 0.392. The molecule has 86 valence electrons. The molecule has 1 aromatic heterocycles. The Hall–Kier alpha value is -2.16. The summed E-state index contributed by atoms with van der Waals surface area (Å²) in [6.07, 6.45) is 0.757. The number of rotatable bonds is 4. The number of carbonyl (C=O) groups excluding carboxylic acids is 1. The maximum Gasteiger partial charge on any atom is 0.224 e. The van der Waals surface area contributed by atoms with Crippen molar-refractivity contribution in [2.75, 3.05) is 6.61 Å². The Bertz CT molecular complexity index is 509. The van der Waals surface area contributed by atoms with Crippen molar-refractivity contribution in [2.24, 2.45) is 0 Å². The van der Waals surface area contributed by atoms with Crippen LogP contribution in [-0.2, 0) is 0 Å². The minimum Gasteiger partial charge on any atom is -0.477 e. The highest BCUT2D eigenvalue weighted by atomic mass is 16.5. The third-order valence-corrected chi connectivity index (χ3v) is 2.37. The number of hydrogen-bond acceptors (Lipinski definition) is 3. The second kappa shape index (κ2) is 5.25. The fourth-order valence-electron chi connectivity index (χ4n) is 1.56. The first-order chi connectivity index (χ1) is 8.35. The van der Waals surface area contributed by atoms with Crippen molar-refractivity contribution in [3.05, 3.63) is 48.0 Å². The van der Waals surface area contributed by atoms with Crippen molar-refractivity contribution >= 4 is 6.29 Å². The van der Waals surface area contributed by atoms with Gasteiger partial charge in [0.25, 0.3) is 0 Å². The molecule has 0 saturated heterocycles. The van der Waals surface area contributed by atoms with Crippen molar-refractivity contribution in [1.29, 1.82) is 0 Å². The van der Waals surface area contributed by atoms with Crippen LogP contribution in [-0.4, -0.2) is 17.9 Å². The summed E-state index contributed by atoms with van der Waals surface area (Å²) in [5, 5.41) is 0. The monoisotopic (exact) mass is 227 g/mol. The summed E-state index contributed by atoms with van der Waals surface area (Å²) in [5.41, 5.74) is 2.29. The Kier molecular flexibility index (Phi) is 3.50. The molecule has 0 bridgehead atoms. The molecule has 0 atom stereocenters. The van der Waals surface area contributed by atoms with Gasteiger partial charge in [-0.1, -0.05) is 30.3 Å². The lowest BCUT2D eigenvalue weighted by Gasteiger charge is -2.07. The van der Waals surface area contributed by atoms with Gasteiger partial charge in [0.05, 0.1) is 17.9 Å². The standard InChI is InChI=1S/C14H13NO2/c1-2-17-14-12(10-16)8-9-13(15-14)11-6-4-3-5-7-11/h3-10H,2H2,1H3. The summed E-state index contributed by atoms with van der Waals surface area (Å²) in [4.78, 5) is 15.2. The van der Waals surface area contributed by atoms with Gasteiger partial charge in [-0.15, -0.1) is 0 Å². The zero-order valence-electron chi connectivity index (χ0n) is 9.59. The van der Waals surface area contributed by atoms with Crippen LogP contribution in [0.3, 0.4) is 0 Å². The number of aldehydes is 1. The molecule has 0 unspecified atom stereocenters. The van der Waals surface area contributed by atoms with Crippen LogP contribution in [0.25, 0.3) is 11.3 Å². The maximum absolute atomic E-state index is 10.8. The van der Waals surface area contributed by atoms with Gasteiger partial charge in [-0.25, -0.2) is 4.98 Å². The van der Waals surface area contributed by atoms with Gasteiger partial charge in [0.1, 0.15) is 0 Å². The molecule has 0 aliphatic heterocycles. The number of ether oxygens (including phenoxy) is 1. The van der Waals surface area contributed by atoms with E-state index in [0.29, 0.717) is 18.1 Å². The van der Waals surface area contributed by atoms with Crippen molar-refractivity contribution < 1.29 is 9.53 Å². The SMILES string of the molecule is CCOc1nc(-c2ccccc2)ccc1C=O. The molecule has 0 spiro atoms. The average Bonchev–Trinajstić information content (AvgIpc) is 2.40. The van der Waals surface area contributed by atoms with E-state index in [1.54, 1.807) is 6.07 Å². The van der Waals surface area contributed by atoms with Gasteiger partial charge in [-0.2, -0.15) is 0 Å². The Morgan fingerprint density at radius 2 is 1.94 bits per heavy atom. The topological polar surface area (TPSA) is 39.2 Å². The van der Waals surface area contributed by atoms with Crippen LogP contribution in [0.5, 0.6) is 5.88 Å². The van der Waals surface area contributed by atoms with Crippen LogP contribution < -0.4 is 4.74 Å². The van der Waals surface area contributed by atoms with Gasteiger partial charge in [-0.3, -0.25) is 4.79 Å². The molecule has 1 aromatic carbocycles. The summed E-state index contributed by atoms with van der Waals surface area (Å²) in [6, 6.07) is 13.3. The first-order valence-corrected chi connectivity index (χ1v) is 5.49. The minimum absolute atomic E-state index is 0.392. The van der Waals surface area contributed by atoms with Crippen LogP contribution in [0.15, 0.2) is 42.5 Å². The third-order valence-electron chi connectivity index (χ3n) is 2.37. The highest BCUT2D eigenvalue weighted by Crippen LogP contribution is 2.22. The summed E-state index contributed by atoms with van der Waals surface area (Å²) in [5.74, 6) is 0.392. The quantitative estimate of drug-likeness (QED) is 0.754. The van der Waals surface area contributed by atoms with Crippen molar-refractivity contribution in [3.63, 3.8) is 0 Å². The number of pyridine rings is 1. The molecule has 2 rings (SSSR count). The molecule has 0 N–H and O–H groups in total. The number of hydrogen-bond donors (Lipinski definition) is 0. The van der Waals surface area contributed by atoms with Crippen LogP contribution in [0.1, 0.15) is 17.3 Å². The molecule has 0 radical (unpaired) electrons. The fourth-order valence-corrected chi connectivity index (χ4v) is 1.56. The van der Waals surface area contributed by atoms with E-state index in [4.69, 9.17) is 4.74 Å². The molecule has 17 heavy (non-hydrogen) atoms. The molecule has 3 heteroatoms. The van der Waals surface area contributed by atoms with E-state index < -0.39 is 0 Å². The Labute approximate surface area is 100 Å². The van der Waals surface area contributed by atoms with E-state index in [9.17, 15) is 4.79 Å². The van der Waals surface area contributed by atoms with Gasteiger partial charge in [-0.05, 0) is 19.1 Å². The number of benzene rings is 1. The van der Waals surface area contributed by atoms with Crippen molar-refractivity contribution in [3.8, 4) is 17.1 Å². The van der Waals surface area contributed by atoms with E-state index in [-0.39, 0.29) is 0 Å². The van der Waals surface area contributed by atoms with Gasteiger partial charge in [0.2, 0.25) is 5.88 Å². The lowest BCUT2D eigenvalue weighted by atomic mass is 10.1. The van der Waals surface area contributed by atoms with Gasteiger partial charge >= 0.3 is 0 Å². The molecule has 0 aliphatic carbocycles. The average molecular weight is 227 g/mol. The predicted molar refractivity (Wildman–Crippen MR) is 66.2 cm³/mol. The van der Waals surface area contributed by atoms with Gasteiger partial charge in [0.15, 0.2) is 6.29 Å². The summed E-state index contributed by atoms with van der Waals surface area (Å²) in [7, 11) is 0. The van der Waals surface area contributed by atoms with Crippen LogP contribution in [0.4, 0.5) is 0 Å². The summed E-state index contributed by atoms with van der Waals surface area (Å²) < 4.78 is 5.35. The number of aromatic nitrogens is 1. The van der Waals surface area contributed by atoms with E-state index in [2.05, 4.69) is 4.98 Å². The Morgan fingerprint density at radius 1 is 1.18 bits per heavy atom. The van der Waals surface area contributed by atoms with E-state index in [0.717, 1.165) is 17.5 Å². The van der Waals surface area contributed by atoms with E-state index in [1.165, 1.54) is 0 Å². The maximum atomic E-state index is 10.8. The van der Waals surface area contributed by atoms with Crippen LogP contribution in [0.2, 0.25) is 0 Å². The second-order valence-electron chi connectivity index (χ2n) is 3.51. The smallest absolute Gasteiger partial charge is 0.224 e. The lowest BCUT2D eigenvalue weighted by molar-refractivity contribution is 0.111. The molecular formula is C14H13NO2. The van der Waals surface area contributed by atoms with Crippen molar-refractivity contribution in [1.82, 2.24) is 4.98 Å². The summed E-state index contributed by atoms with van der Waals surface area (Å²) in [6.45, 7) is 2.36. The summed E-state index contributed by atoms with van der Waals surface area (Å²) >= 11 is 0.